The monoisotopic (exact) mass is 307 g/mol. The van der Waals surface area contributed by atoms with Gasteiger partial charge in [0.05, 0.1) is 0 Å². The van der Waals surface area contributed by atoms with E-state index >= 15 is 0 Å². The van der Waals surface area contributed by atoms with Crippen molar-refractivity contribution in [3.05, 3.63) is 29.8 Å². The molecule has 0 amide bonds. The molecule has 21 heavy (non-hydrogen) atoms. The maximum absolute atomic E-state index is 8.00. The van der Waals surface area contributed by atoms with Crippen LogP contribution in [0.25, 0.3) is 0 Å². The molecule has 0 saturated carbocycles. The number of rotatable bonds is 0. The van der Waals surface area contributed by atoms with Gasteiger partial charge in [0.1, 0.15) is 0 Å². The molecule has 1 aromatic carbocycles. The summed E-state index contributed by atoms with van der Waals surface area (Å²) in [6, 6.07) is 8.60. The van der Waals surface area contributed by atoms with E-state index in [4.69, 9.17) is 14.3 Å². The number of halogens is 2. The minimum Gasteiger partial charge on any atom is -0.397 e. The smallest absolute Gasteiger partial charge is 0.0402 e. The molecule has 0 radical (unpaired) electrons. The third-order valence-corrected chi connectivity index (χ3v) is 2.12. The standard InChI is InChI=1S/C9H11N.C2H6O.3C2H6.F2/c1-10-7-6-8-4-2-3-5-9(8)10;1-2-3;4*1-2/h2-5H,6-7H2,1H3;3H,2H2,1H3;3*1-2H3;. The molecule has 0 aliphatic carbocycles. The lowest BCUT2D eigenvalue weighted by Gasteiger charge is -2.10. The van der Waals surface area contributed by atoms with E-state index in [2.05, 4.69) is 36.2 Å². The second kappa shape index (κ2) is 27.2. The quantitative estimate of drug-likeness (QED) is 0.674. The number of hydrogen-bond acceptors (Lipinski definition) is 2. The molecule has 128 valence electrons. The first kappa shape index (κ1) is 28.1. The van der Waals surface area contributed by atoms with Gasteiger partial charge in [-0.25, -0.2) is 0 Å². The molecule has 1 aromatic rings. The molecule has 4 heteroatoms. The van der Waals surface area contributed by atoms with Crippen LogP contribution < -0.4 is 4.90 Å². The molecular formula is C17H35F2NO. The van der Waals surface area contributed by atoms with Crippen LogP contribution in [-0.2, 0) is 6.42 Å². The van der Waals surface area contributed by atoms with Crippen LogP contribution >= 0.6 is 0 Å². The van der Waals surface area contributed by atoms with Gasteiger partial charge < -0.3 is 10.0 Å². The van der Waals surface area contributed by atoms with Gasteiger partial charge in [-0.05, 0) is 25.0 Å². The van der Waals surface area contributed by atoms with Crippen LogP contribution in [0, 0.1) is 0 Å². The Morgan fingerprint density at radius 2 is 1.38 bits per heavy atom. The molecule has 1 aliphatic rings. The van der Waals surface area contributed by atoms with Crippen molar-refractivity contribution in [3.63, 3.8) is 0 Å². The molecule has 1 N–H and O–H groups in total. The highest BCUT2D eigenvalue weighted by atomic mass is 20.0. The van der Waals surface area contributed by atoms with Crippen LogP contribution in [0.4, 0.5) is 14.8 Å². The molecule has 0 saturated heterocycles. The maximum atomic E-state index is 8.00. The lowest BCUT2D eigenvalue weighted by molar-refractivity contribution is 0.108. The zero-order valence-corrected chi connectivity index (χ0v) is 15.1. The zero-order chi connectivity index (χ0) is 17.7. The molecule has 0 bridgehead atoms. The molecule has 0 unspecified atom stereocenters. The summed E-state index contributed by atoms with van der Waals surface area (Å²) in [5.41, 5.74) is 2.90. The van der Waals surface area contributed by atoms with Gasteiger partial charge in [0, 0.05) is 35.0 Å². The van der Waals surface area contributed by atoms with E-state index in [1.54, 1.807) is 6.92 Å². The fourth-order valence-electron chi connectivity index (χ4n) is 1.50. The van der Waals surface area contributed by atoms with Crippen molar-refractivity contribution >= 4 is 5.69 Å². The number of fused-ring (bicyclic) bond motifs is 1. The summed E-state index contributed by atoms with van der Waals surface area (Å²) in [6.07, 6.45) is 1.21. The van der Waals surface area contributed by atoms with Crippen molar-refractivity contribution in [2.75, 3.05) is 25.1 Å². The van der Waals surface area contributed by atoms with E-state index in [0.717, 1.165) is 0 Å². The van der Waals surface area contributed by atoms with E-state index in [1.165, 1.54) is 24.2 Å². The van der Waals surface area contributed by atoms with Crippen molar-refractivity contribution in [2.24, 2.45) is 0 Å². The van der Waals surface area contributed by atoms with E-state index in [-0.39, 0.29) is 6.61 Å². The lowest BCUT2D eigenvalue weighted by atomic mass is 10.2. The van der Waals surface area contributed by atoms with Crippen LogP contribution in [0.3, 0.4) is 0 Å². The molecule has 0 spiro atoms. The zero-order valence-electron chi connectivity index (χ0n) is 15.1. The Morgan fingerprint density at radius 1 is 1.00 bits per heavy atom. The molecule has 0 aromatic heterocycles. The summed E-state index contributed by atoms with van der Waals surface area (Å²) in [7, 11) is 2.14. The highest BCUT2D eigenvalue weighted by Gasteiger charge is 2.12. The number of nitrogens with zero attached hydrogens (tertiary/aromatic N) is 1. The maximum Gasteiger partial charge on any atom is 0.0402 e. The first-order valence-electron chi connectivity index (χ1n) is 7.83. The Kier molecular flexibility index (Phi) is 36.4. The van der Waals surface area contributed by atoms with Gasteiger partial charge in [0.2, 0.25) is 0 Å². The van der Waals surface area contributed by atoms with Crippen LogP contribution in [-0.4, -0.2) is 25.3 Å². The summed E-state index contributed by atoms with van der Waals surface area (Å²) in [6.45, 7) is 15.1. The van der Waals surface area contributed by atoms with Gasteiger partial charge in [-0.2, -0.15) is 0 Å². The lowest BCUT2D eigenvalue weighted by Crippen LogP contribution is -2.12. The van der Waals surface area contributed by atoms with Crippen molar-refractivity contribution in [2.45, 2.75) is 54.9 Å². The third kappa shape index (κ3) is 15.1. The average Bonchev–Trinajstić information content (AvgIpc) is 2.98. The van der Waals surface area contributed by atoms with E-state index in [9.17, 15) is 0 Å². The normalized spacial score (nSPS) is 9.38. The topological polar surface area (TPSA) is 23.5 Å². The highest BCUT2D eigenvalue weighted by Crippen LogP contribution is 2.25. The van der Waals surface area contributed by atoms with Gasteiger partial charge in [0.15, 0.2) is 0 Å². The second-order valence-corrected chi connectivity index (χ2v) is 3.12. The fraction of sp³-hybridized carbons (Fsp3) is 0.647. The largest absolute Gasteiger partial charge is 0.397 e. The summed E-state index contributed by atoms with van der Waals surface area (Å²) in [5, 5.41) is 7.57. The number of anilines is 1. The highest BCUT2D eigenvalue weighted by molar-refractivity contribution is 5.56. The SMILES string of the molecule is CC.CC.CC.CCO.CN1CCc2ccccc21.FF. The van der Waals surface area contributed by atoms with E-state index in [0.29, 0.717) is 0 Å². The van der Waals surface area contributed by atoms with Crippen LogP contribution in [0.1, 0.15) is 54.0 Å². The van der Waals surface area contributed by atoms with Gasteiger partial charge in [-0.1, -0.05) is 59.7 Å². The molecule has 0 atom stereocenters. The Bertz CT molecular complexity index is 271. The van der Waals surface area contributed by atoms with E-state index in [1.807, 2.05) is 41.5 Å². The number of benzene rings is 1. The Hall–Kier alpha value is -1.16. The Balaban J connectivity index is -0.000000112. The van der Waals surface area contributed by atoms with Crippen LogP contribution in [0.15, 0.2) is 24.3 Å². The van der Waals surface area contributed by atoms with Crippen molar-refractivity contribution in [3.8, 4) is 0 Å². The first-order chi connectivity index (χ1) is 10.3. The van der Waals surface area contributed by atoms with Crippen molar-refractivity contribution < 1.29 is 14.3 Å². The number of aliphatic hydroxyl groups is 1. The van der Waals surface area contributed by atoms with Gasteiger partial charge in [-0.3, -0.25) is 0 Å². The third-order valence-electron chi connectivity index (χ3n) is 2.12. The van der Waals surface area contributed by atoms with Crippen molar-refractivity contribution in [1.29, 1.82) is 0 Å². The molecule has 2 nitrogen and oxygen atoms in total. The predicted octanol–water partition coefficient (Wildman–Crippen LogP) is 5.60. The Labute approximate surface area is 130 Å². The summed E-state index contributed by atoms with van der Waals surface area (Å²) >= 11 is 0. The Morgan fingerprint density at radius 3 is 1.76 bits per heavy atom. The van der Waals surface area contributed by atoms with Crippen LogP contribution in [0.2, 0.25) is 0 Å². The minimum absolute atomic E-state index is 0.250. The second-order valence-electron chi connectivity index (χ2n) is 3.12. The average molecular weight is 307 g/mol. The van der Waals surface area contributed by atoms with Gasteiger partial charge in [-0.15, -0.1) is 0 Å². The van der Waals surface area contributed by atoms with Crippen LogP contribution in [0.5, 0.6) is 0 Å². The fourth-order valence-corrected chi connectivity index (χ4v) is 1.50. The number of para-hydroxylation sites is 1. The van der Waals surface area contributed by atoms with Crippen molar-refractivity contribution in [1.82, 2.24) is 0 Å². The predicted molar refractivity (Wildman–Crippen MR) is 92.4 cm³/mol. The number of hydrogen-bond donors (Lipinski definition) is 1. The molecular weight excluding hydrogens is 272 g/mol. The van der Waals surface area contributed by atoms with E-state index < -0.39 is 0 Å². The molecule has 2 rings (SSSR count). The molecule has 0 fully saturated rings. The number of aliphatic hydroxyl groups excluding tert-OH is 1. The minimum atomic E-state index is 0.250. The number of likely N-dealkylation sites (N-methyl/N-ethyl adjacent to an activating group) is 1. The molecule has 1 aliphatic heterocycles. The van der Waals surface area contributed by atoms with Gasteiger partial charge in [0.25, 0.3) is 0 Å². The van der Waals surface area contributed by atoms with Gasteiger partial charge >= 0.3 is 0 Å². The summed E-state index contributed by atoms with van der Waals surface area (Å²) < 4.78 is 16.0. The summed E-state index contributed by atoms with van der Waals surface area (Å²) in [5.74, 6) is 0. The summed E-state index contributed by atoms with van der Waals surface area (Å²) in [4.78, 5) is 2.30. The molecule has 1 heterocycles. The first-order valence-corrected chi connectivity index (χ1v) is 7.83.